The van der Waals surface area contributed by atoms with Gasteiger partial charge < -0.3 is 14.6 Å². The largest absolute Gasteiger partial charge is 0.454 e. The molecule has 35 heavy (non-hydrogen) atoms. The van der Waals surface area contributed by atoms with Crippen LogP contribution < -0.4 is 5.32 Å². The summed E-state index contributed by atoms with van der Waals surface area (Å²) in [7, 11) is 0. The number of anilines is 1. The molecule has 0 aliphatic heterocycles. The highest BCUT2D eigenvalue weighted by Crippen LogP contribution is 2.27. The van der Waals surface area contributed by atoms with Crippen molar-refractivity contribution in [2.45, 2.75) is 57.2 Å². The molecule has 0 bridgehead atoms. The van der Waals surface area contributed by atoms with Crippen molar-refractivity contribution in [1.29, 1.82) is 0 Å². The van der Waals surface area contributed by atoms with Gasteiger partial charge in [0.05, 0.1) is 11.3 Å². The Labute approximate surface area is 208 Å². The van der Waals surface area contributed by atoms with Crippen molar-refractivity contribution < 1.29 is 23.6 Å². The Hall–Kier alpha value is -3.46. The second kappa shape index (κ2) is 12.9. The summed E-state index contributed by atoms with van der Waals surface area (Å²) in [6.45, 7) is 5.38. The average molecular weight is 496 g/mol. The molecule has 0 saturated heterocycles. The summed E-state index contributed by atoms with van der Waals surface area (Å²) in [4.78, 5) is 41.4. The number of thioether (sulfide) groups is 1. The fourth-order valence-corrected chi connectivity index (χ4v) is 4.44. The summed E-state index contributed by atoms with van der Waals surface area (Å²) in [5.41, 5.74) is 3.05. The molecule has 1 aromatic carbocycles. The van der Waals surface area contributed by atoms with Crippen LogP contribution in [-0.4, -0.2) is 34.4 Å². The number of pyridine rings is 1. The summed E-state index contributed by atoms with van der Waals surface area (Å²) in [5, 5.41) is 7.26. The molecule has 3 aromatic rings. The number of ether oxygens (including phenoxy) is 1. The summed E-state index contributed by atoms with van der Waals surface area (Å²) in [6, 6.07) is 9.80. The molecule has 1 amide bonds. The van der Waals surface area contributed by atoms with Crippen LogP contribution >= 0.6 is 11.8 Å². The number of benzene rings is 1. The molecular formula is C26H29N3O5S. The van der Waals surface area contributed by atoms with Crippen LogP contribution in [0.2, 0.25) is 0 Å². The van der Waals surface area contributed by atoms with Crippen LogP contribution in [0.1, 0.15) is 70.3 Å². The molecule has 2 heterocycles. The summed E-state index contributed by atoms with van der Waals surface area (Å²) in [6.07, 6.45) is 4.98. The zero-order chi connectivity index (χ0) is 25.2. The van der Waals surface area contributed by atoms with E-state index in [-0.39, 0.29) is 17.3 Å². The number of carbonyl (C=O) groups excluding carboxylic acids is 3. The lowest BCUT2D eigenvalue weighted by molar-refractivity contribution is -0.116. The second-order valence-electron chi connectivity index (χ2n) is 8.03. The normalized spacial score (nSPS) is 10.7. The SMILES string of the molecule is CCCCCC(=O)Nc1ccc(C(=O)COC(=O)c2cccnc2SCc2c(C)noc2C)cc1. The summed E-state index contributed by atoms with van der Waals surface area (Å²) < 4.78 is 10.5. The molecule has 3 rings (SSSR count). The lowest BCUT2D eigenvalue weighted by Crippen LogP contribution is -2.15. The van der Waals surface area contributed by atoms with E-state index in [2.05, 4.69) is 22.4 Å². The van der Waals surface area contributed by atoms with Gasteiger partial charge in [0.15, 0.2) is 12.4 Å². The smallest absolute Gasteiger partial charge is 0.341 e. The second-order valence-corrected chi connectivity index (χ2v) is 8.99. The van der Waals surface area contributed by atoms with Gasteiger partial charge in [-0.25, -0.2) is 9.78 Å². The molecule has 0 aliphatic rings. The van der Waals surface area contributed by atoms with Gasteiger partial charge in [0.25, 0.3) is 0 Å². The van der Waals surface area contributed by atoms with Crippen LogP contribution in [0.4, 0.5) is 5.69 Å². The Morgan fingerprint density at radius 2 is 1.86 bits per heavy atom. The molecule has 0 radical (unpaired) electrons. The van der Waals surface area contributed by atoms with Gasteiger partial charge in [-0.2, -0.15) is 0 Å². The van der Waals surface area contributed by atoms with Gasteiger partial charge in [-0.05, 0) is 56.7 Å². The summed E-state index contributed by atoms with van der Waals surface area (Å²) >= 11 is 1.37. The molecule has 8 nitrogen and oxygen atoms in total. The maximum atomic E-state index is 12.7. The van der Waals surface area contributed by atoms with Crippen molar-refractivity contribution in [2.75, 3.05) is 11.9 Å². The number of nitrogens with zero attached hydrogens (tertiary/aromatic N) is 2. The number of ketones is 1. The molecule has 0 fully saturated rings. The van der Waals surface area contributed by atoms with Crippen LogP contribution in [0.3, 0.4) is 0 Å². The minimum absolute atomic E-state index is 0.0500. The number of amides is 1. The van der Waals surface area contributed by atoms with Crippen molar-refractivity contribution in [2.24, 2.45) is 0 Å². The highest BCUT2D eigenvalue weighted by molar-refractivity contribution is 7.98. The highest BCUT2D eigenvalue weighted by Gasteiger charge is 2.18. The van der Waals surface area contributed by atoms with Gasteiger partial charge in [-0.15, -0.1) is 11.8 Å². The van der Waals surface area contributed by atoms with E-state index >= 15 is 0 Å². The predicted octanol–water partition coefficient (Wildman–Crippen LogP) is 5.54. The van der Waals surface area contributed by atoms with E-state index in [4.69, 9.17) is 9.26 Å². The molecule has 0 unspecified atom stereocenters. The maximum absolute atomic E-state index is 12.7. The van der Waals surface area contributed by atoms with Crippen LogP contribution in [0, 0.1) is 13.8 Å². The topological polar surface area (TPSA) is 111 Å². The van der Waals surface area contributed by atoms with Crippen LogP contribution in [0.25, 0.3) is 0 Å². The van der Waals surface area contributed by atoms with Gasteiger partial charge in [0, 0.05) is 35.2 Å². The highest BCUT2D eigenvalue weighted by atomic mass is 32.2. The number of esters is 1. The fourth-order valence-electron chi connectivity index (χ4n) is 3.30. The fraction of sp³-hybridized carbons (Fsp3) is 0.346. The molecule has 1 N–H and O–H groups in total. The van der Waals surface area contributed by atoms with Gasteiger partial charge in [0.2, 0.25) is 5.91 Å². The Bertz CT molecular complexity index is 1150. The van der Waals surface area contributed by atoms with E-state index in [1.165, 1.54) is 11.8 Å². The van der Waals surface area contributed by atoms with E-state index in [0.29, 0.717) is 28.5 Å². The van der Waals surface area contributed by atoms with Crippen molar-refractivity contribution in [3.05, 3.63) is 70.7 Å². The Kier molecular flexibility index (Phi) is 9.60. The number of aromatic nitrogens is 2. The lowest BCUT2D eigenvalue weighted by Gasteiger charge is -2.09. The molecule has 2 aromatic heterocycles. The Morgan fingerprint density at radius 1 is 1.09 bits per heavy atom. The third-order valence-corrected chi connectivity index (χ3v) is 6.39. The first-order valence-electron chi connectivity index (χ1n) is 11.5. The first-order valence-corrected chi connectivity index (χ1v) is 12.5. The first kappa shape index (κ1) is 26.2. The minimum atomic E-state index is -0.622. The van der Waals surface area contributed by atoms with E-state index in [9.17, 15) is 14.4 Å². The van der Waals surface area contributed by atoms with E-state index in [1.54, 1.807) is 42.6 Å². The molecule has 0 aliphatic carbocycles. The van der Waals surface area contributed by atoms with Gasteiger partial charge in [-0.1, -0.05) is 24.9 Å². The molecule has 0 saturated carbocycles. The number of nitrogens with one attached hydrogen (secondary N) is 1. The molecule has 9 heteroatoms. The average Bonchev–Trinajstić information content (AvgIpc) is 3.18. The van der Waals surface area contributed by atoms with Gasteiger partial charge in [-0.3, -0.25) is 9.59 Å². The number of Topliss-reactive ketones (excluding diaryl/α,β-unsaturated/α-hetero) is 1. The standard InChI is InChI=1S/C26H29N3O5S/c1-4-5-6-9-24(31)28-20-12-10-19(11-13-20)23(30)15-33-26(32)21-8-7-14-27-25(21)35-16-22-17(2)29-34-18(22)3/h7-8,10-14H,4-6,9,15-16H2,1-3H3,(H,28,31). The minimum Gasteiger partial charge on any atom is -0.454 e. The Morgan fingerprint density at radius 3 is 2.54 bits per heavy atom. The zero-order valence-corrected chi connectivity index (χ0v) is 20.9. The molecule has 0 spiro atoms. The first-order chi connectivity index (χ1) is 16.9. The predicted molar refractivity (Wildman–Crippen MR) is 134 cm³/mol. The van der Waals surface area contributed by atoms with E-state index < -0.39 is 12.6 Å². The zero-order valence-electron chi connectivity index (χ0n) is 20.1. The van der Waals surface area contributed by atoms with Gasteiger partial charge in [0.1, 0.15) is 10.8 Å². The molecule has 0 atom stereocenters. The lowest BCUT2D eigenvalue weighted by atomic mass is 10.1. The van der Waals surface area contributed by atoms with E-state index in [1.807, 2.05) is 13.8 Å². The monoisotopic (exact) mass is 495 g/mol. The number of unbranched alkanes of at least 4 members (excludes halogenated alkanes) is 2. The van der Waals surface area contributed by atoms with Crippen molar-refractivity contribution in [3.63, 3.8) is 0 Å². The van der Waals surface area contributed by atoms with Crippen molar-refractivity contribution in [1.82, 2.24) is 10.1 Å². The van der Waals surface area contributed by atoms with Crippen LogP contribution in [0.5, 0.6) is 0 Å². The Balaban J connectivity index is 1.54. The maximum Gasteiger partial charge on any atom is 0.341 e. The number of carbonyl (C=O) groups is 3. The van der Waals surface area contributed by atoms with Crippen molar-refractivity contribution >= 4 is 35.1 Å². The number of rotatable bonds is 12. The molecular weight excluding hydrogens is 466 g/mol. The quantitative estimate of drug-likeness (QED) is 0.151. The van der Waals surface area contributed by atoms with Gasteiger partial charge >= 0.3 is 5.97 Å². The molecule has 184 valence electrons. The third-order valence-electron chi connectivity index (χ3n) is 5.36. The van der Waals surface area contributed by atoms with E-state index in [0.717, 1.165) is 36.3 Å². The summed E-state index contributed by atoms with van der Waals surface area (Å²) in [5.74, 6) is 0.254. The van der Waals surface area contributed by atoms with Crippen LogP contribution in [0.15, 0.2) is 52.1 Å². The van der Waals surface area contributed by atoms with Crippen molar-refractivity contribution in [3.8, 4) is 0 Å². The number of hydrogen-bond donors (Lipinski definition) is 1. The number of hydrogen-bond acceptors (Lipinski definition) is 8. The third kappa shape index (κ3) is 7.51. The van der Waals surface area contributed by atoms with Crippen LogP contribution in [-0.2, 0) is 15.3 Å². The number of aryl methyl sites for hydroxylation is 2.